The van der Waals surface area contributed by atoms with E-state index in [1.54, 1.807) is 0 Å². The predicted molar refractivity (Wildman–Crippen MR) is 128 cm³/mol. The van der Waals surface area contributed by atoms with E-state index in [0.717, 1.165) is 18.2 Å². The van der Waals surface area contributed by atoms with Gasteiger partial charge in [-0.2, -0.15) is 26.3 Å². The van der Waals surface area contributed by atoms with Crippen molar-refractivity contribution in [2.24, 2.45) is 0 Å². The quantitative estimate of drug-likeness (QED) is 0.275. The lowest BCUT2D eigenvalue weighted by molar-refractivity contribution is -0.137. The van der Waals surface area contributed by atoms with Gasteiger partial charge < -0.3 is 9.47 Å². The van der Waals surface area contributed by atoms with Gasteiger partial charge in [0, 0.05) is 17.3 Å². The molecular weight excluding hydrogens is 538 g/mol. The fourth-order valence-corrected chi connectivity index (χ4v) is 5.18. The van der Waals surface area contributed by atoms with E-state index in [-0.39, 0.29) is 22.0 Å². The third-order valence-corrected chi connectivity index (χ3v) is 6.92. The average molecular weight is 561 g/mol. The second-order valence-electron chi connectivity index (χ2n) is 9.15. The molecule has 0 spiro atoms. The van der Waals surface area contributed by atoms with Gasteiger partial charge in [-0.1, -0.05) is 24.2 Å². The van der Waals surface area contributed by atoms with Crippen LogP contribution in [0.2, 0.25) is 5.02 Å². The summed E-state index contributed by atoms with van der Waals surface area (Å²) in [5, 5.41) is 0.222. The van der Waals surface area contributed by atoms with Crippen molar-refractivity contribution >= 4 is 17.7 Å². The molecule has 0 saturated carbocycles. The maximum absolute atomic E-state index is 13.7. The fraction of sp³-hybridized carbons (Fsp3) is 0.385. The lowest BCUT2D eigenvalue weighted by Gasteiger charge is -2.38. The summed E-state index contributed by atoms with van der Waals surface area (Å²) in [7, 11) is 1.35. The zero-order valence-corrected chi connectivity index (χ0v) is 21.0. The Kier molecular flexibility index (Phi) is 7.44. The molecule has 4 rings (SSSR count). The minimum atomic E-state index is -4.66. The molecule has 5 nitrogen and oxygen atoms in total. The minimum absolute atomic E-state index is 0.120. The molecule has 3 heterocycles. The maximum atomic E-state index is 13.7. The van der Waals surface area contributed by atoms with Gasteiger partial charge in [-0.25, -0.2) is 9.78 Å². The molecule has 0 radical (unpaired) electrons. The number of nitrogens with zero attached hydrogens (tertiary/aromatic N) is 2. The van der Waals surface area contributed by atoms with E-state index in [2.05, 4.69) is 11.6 Å². The molecule has 2 saturated heterocycles. The Morgan fingerprint density at radius 3 is 2.53 bits per heavy atom. The summed E-state index contributed by atoms with van der Waals surface area (Å²) in [5.74, 6) is 0.120. The zero-order chi connectivity index (χ0) is 28.0. The van der Waals surface area contributed by atoms with E-state index in [1.165, 1.54) is 37.3 Å². The molecule has 38 heavy (non-hydrogen) atoms. The smallest absolute Gasteiger partial charge is 0.416 e. The molecular formula is C26H23ClF6N2O3. The molecule has 0 aliphatic carbocycles. The van der Waals surface area contributed by atoms with Crippen LogP contribution in [-0.4, -0.2) is 41.4 Å². The van der Waals surface area contributed by atoms with Crippen LogP contribution in [0.3, 0.4) is 0 Å². The van der Waals surface area contributed by atoms with E-state index >= 15 is 0 Å². The highest BCUT2D eigenvalue weighted by Crippen LogP contribution is 2.47. The summed E-state index contributed by atoms with van der Waals surface area (Å²) in [4.78, 5) is 18.5. The Hall–Kier alpha value is -3.21. The SMILES string of the molecule is C=C(C=C(C)C1OC(=O)N2C(c3cc(C(F)(F)F)ccc3-c3cc(Cl)cnc3OC)CCCC12)C(F)(F)F. The van der Waals surface area contributed by atoms with Gasteiger partial charge >= 0.3 is 18.4 Å². The van der Waals surface area contributed by atoms with Gasteiger partial charge in [0.25, 0.3) is 0 Å². The number of carbonyl (C=O) groups is 1. The Morgan fingerprint density at radius 1 is 1.18 bits per heavy atom. The van der Waals surface area contributed by atoms with Crippen molar-refractivity contribution in [1.29, 1.82) is 0 Å². The molecule has 3 unspecified atom stereocenters. The van der Waals surface area contributed by atoms with Crippen molar-refractivity contribution in [3.05, 3.63) is 70.4 Å². The number of amides is 1. The topological polar surface area (TPSA) is 51.7 Å². The van der Waals surface area contributed by atoms with Crippen LogP contribution in [0, 0.1) is 0 Å². The monoisotopic (exact) mass is 560 g/mol. The Balaban J connectivity index is 1.82. The number of carbonyl (C=O) groups excluding carboxylic acids is 1. The van der Waals surface area contributed by atoms with Crippen molar-refractivity contribution in [3.63, 3.8) is 0 Å². The van der Waals surface area contributed by atoms with Crippen LogP contribution in [0.1, 0.15) is 43.4 Å². The van der Waals surface area contributed by atoms with Crippen LogP contribution in [0.5, 0.6) is 5.88 Å². The molecule has 204 valence electrons. The Labute approximate surface area is 219 Å². The highest BCUT2D eigenvalue weighted by Gasteiger charge is 2.49. The largest absolute Gasteiger partial charge is 0.481 e. The number of fused-ring (bicyclic) bond motifs is 1. The van der Waals surface area contributed by atoms with Crippen LogP contribution in [-0.2, 0) is 10.9 Å². The Bertz CT molecular complexity index is 1290. The Morgan fingerprint density at radius 2 is 1.89 bits per heavy atom. The zero-order valence-electron chi connectivity index (χ0n) is 20.3. The number of ether oxygens (including phenoxy) is 2. The highest BCUT2D eigenvalue weighted by molar-refractivity contribution is 6.30. The molecule has 2 fully saturated rings. The number of piperidine rings is 1. The molecule has 0 N–H and O–H groups in total. The molecule has 2 aliphatic rings. The van der Waals surface area contributed by atoms with Crippen molar-refractivity contribution in [2.45, 2.75) is 56.7 Å². The first-order valence-electron chi connectivity index (χ1n) is 11.6. The second kappa shape index (κ2) is 10.2. The molecule has 1 amide bonds. The summed E-state index contributed by atoms with van der Waals surface area (Å²) in [6, 6.07) is 3.12. The van der Waals surface area contributed by atoms with E-state index in [0.29, 0.717) is 30.4 Å². The van der Waals surface area contributed by atoms with Gasteiger partial charge in [-0.3, -0.25) is 4.90 Å². The predicted octanol–water partition coefficient (Wildman–Crippen LogP) is 7.91. The molecule has 2 aromatic rings. The second-order valence-corrected chi connectivity index (χ2v) is 9.58. The molecule has 1 aromatic heterocycles. The first kappa shape index (κ1) is 27.8. The van der Waals surface area contributed by atoms with Gasteiger partial charge in [-0.15, -0.1) is 0 Å². The van der Waals surface area contributed by atoms with Crippen molar-refractivity contribution < 1.29 is 40.6 Å². The number of pyridine rings is 1. The standard InChI is InChI=1S/C26H23ClF6N2O3/c1-13(9-14(2)25(28,29)30)22-21-6-4-5-20(35(21)24(36)38-22)18-10-15(26(31,32)33)7-8-17(18)19-11-16(27)12-34-23(19)37-3/h7-12,20-22H,2,4-6H2,1,3H3. The molecule has 2 aliphatic heterocycles. The summed E-state index contributed by atoms with van der Waals surface area (Å²) in [6.07, 6.45) is -7.81. The summed E-state index contributed by atoms with van der Waals surface area (Å²) in [6.45, 7) is 4.44. The summed E-state index contributed by atoms with van der Waals surface area (Å²) in [5.41, 5.74) is -1.06. The number of hydrogen-bond donors (Lipinski definition) is 0. The van der Waals surface area contributed by atoms with Crippen LogP contribution in [0.15, 0.2) is 54.3 Å². The lowest BCUT2D eigenvalue weighted by atomic mass is 9.84. The normalized spacial score (nSPS) is 22.2. The summed E-state index contributed by atoms with van der Waals surface area (Å²) < 4.78 is 91.1. The fourth-order valence-electron chi connectivity index (χ4n) is 5.02. The number of allylic oxidation sites excluding steroid dienone is 2. The number of cyclic esters (lactones) is 1. The van der Waals surface area contributed by atoms with Crippen LogP contribution < -0.4 is 4.74 Å². The van der Waals surface area contributed by atoms with E-state index in [9.17, 15) is 31.1 Å². The third kappa shape index (κ3) is 5.34. The van der Waals surface area contributed by atoms with Crippen molar-refractivity contribution in [1.82, 2.24) is 9.88 Å². The number of benzene rings is 1. The number of aromatic nitrogens is 1. The van der Waals surface area contributed by atoms with Gasteiger partial charge in [0.2, 0.25) is 5.88 Å². The van der Waals surface area contributed by atoms with E-state index in [4.69, 9.17) is 21.1 Å². The van der Waals surface area contributed by atoms with Crippen molar-refractivity contribution in [2.75, 3.05) is 7.11 Å². The highest BCUT2D eigenvalue weighted by atomic mass is 35.5. The van der Waals surface area contributed by atoms with Gasteiger partial charge in [-0.05, 0) is 67.2 Å². The van der Waals surface area contributed by atoms with Gasteiger partial charge in [0.05, 0.1) is 29.8 Å². The van der Waals surface area contributed by atoms with Gasteiger partial charge in [0.15, 0.2) is 0 Å². The molecule has 1 aromatic carbocycles. The van der Waals surface area contributed by atoms with Gasteiger partial charge in [0.1, 0.15) is 6.10 Å². The number of rotatable bonds is 5. The number of halogens is 7. The molecule has 3 atom stereocenters. The minimum Gasteiger partial charge on any atom is -0.481 e. The van der Waals surface area contributed by atoms with Crippen LogP contribution in [0.4, 0.5) is 31.1 Å². The first-order valence-corrected chi connectivity index (χ1v) is 11.9. The molecule has 0 bridgehead atoms. The number of alkyl halides is 6. The van der Waals surface area contributed by atoms with Crippen LogP contribution in [0.25, 0.3) is 11.1 Å². The average Bonchev–Trinajstić information content (AvgIpc) is 3.19. The number of methoxy groups -OCH3 is 1. The van der Waals surface area contributed by atoms with Crippen LogP contribution >= 0.6 is 11.6 Å². The number of hydrogen-bond acceptors (Lipinski definition) is 4. The van der Waals surface area contributed by atoms with E-state index in [1.807, 2.05) is 0 Å². The first-order chi connectivity index (χ1) is 17.7. The lowest BCUT2D eigenvalue weighted by Crippen LogP contribution is -2.43. The maximum Gasteiger partial charge on any atom is 0.416 e. The summed E-state index contributed by atoms with van der Waals surface area (Å²) >= 11 is 6.13. The third-order valence-electron chi connectivity index (χ3n) is 6.71. The van der Waals surface area contributed by atoms with Crippen molar-refractivity contribution in [3.8, 4) is 17.0 Å². The molecule has 12 heteroatoms. The van der Waals surface area contributed by atoms with E-state index < -0.39 is 47.8 Å².